The van der Waals surface area contributed by atoms with E-state index >= 15 is 0 Å². The van der Waals surface area contributed by atoms with E-state index in [1.165, 1.54) is 11.3 Å². The van der Waals surface area contributed by atoms with Crippen LogP contribution in [0.5, 0.6) is 5.75 Å². The van der Waals surface area contributed by atoms with E-state index in [1.807, 2.05) is 49.8 Å². The van der Waals surface area contributed by atoms with Crippen LogP contribution in [0.2, 0.25) is 0 Å². The van der Waals surface area contributed by atoms with E-state index in [0.717, 1.165) is 39.7 Å². The number of carbonyl (C=O) groups is 1. The number of thiazole rings is 1. The van der Waals surface area contributed by atoms with Crippen molar-refractivity contribution in [2.45, 2.75) is 20.3 Å². The molecule has 0 saturated heterocycles. The molecule has 26 heavy (non-hydrogen) atoms. The minimum Gasteiger partial charge on any atom is -0.497 e. The van der Waals surface area contributed by atoms with Crippen molar-refractivity contribution in [1.29, 1.82) is 0 Å². The molecule has 0 fully saturated rings. The first-order chi connectivity index (χ1) is 12.5. The zero-order valence-corrected chi connectivity index (χ0v) is 16.2. The SMILES string of the molecule is COc1ccc(CCNC(=O)c2cnc(-c3c(C)nn(C)c3C)s2)cc1. The topological polar surface area (TPSA) is 69.0 Å². The average Bonchev–Trinajstić information content (AvgIpc) is 3.20. The lowest BCUT2D eigenvalue weighted by Crippen LogP contribution is -2.24. The normalized spacial score (nSPS) is 10.8. The van der Waals surface area contributed by atoms with Crippen molar-refractivity contribution in [1.82, 2.24) is 20.1 Å². The van der Waals surface area contributed by atoms with Gasteiger partial charge in [-0.15, -0.1) is 11.3 Å². The first-order valence-corrected chi connectivity index (χ1v) is 9.18. The second-order valence-corrected chi connectivity index (χ2v) is 7.08. The van der Waals surface area contributed by atoms with Gasteiger partial charge in [-0.05, 0) is 38.0 Å². The fraction of sp³-hybridized carbons (Fsp3) is 0.316. The highest BCUT2D eigenvalue weighted by Gasteiger charge is 2.17. The molecule has 1 amide bonds. The van der Waals surface area contributed by atoms with Gasteiger partial charge in [0.05, 0.1) is 24.6 Å². The summed E-state index contributed by atoms with van der Waals surface area (Å²) >= 11 is 1.39. The Morgan fingerprint density at radius 3 is 2.62 bits per heavy atom. The van der Waals surface area contributed by atoms with Crippen LogP contribution >= 0.6 is 11.3 Å². The number of amides is 1. The smallest absolute Gasteiger partial charge is 0.263 e. The molecule has 2 aromatic heterocycles. The summed E-state index contributed by atoms with van der Waals surface area (Å²) < 4.78 is 6.98. The van der Waals surface area contributed by atoms with Gasteiger partial charge in [-0.3, -0.25) is 9.48 Å². The molecule has 0 aliphatic heterocycles. The Labute approximate surface area is 156 Å². The third kappa shape index (κ3) is 3.77. The van der Waals surface area contributed by atoms with Gasteiger partial charge in [-0.2, -0.15) is 5.10 Å². The summed E-state index contributed by atoms with van der Waals surface area (Å²) in [5, 5.41) is 8.19. The van der Waals surface area contributed by atoms with Gasteiger partial charge in [0.15, 0.2) is 0 Å². The molecule has 1 aromatic carbocycles. The van der Waals surface area contributed by atoms with Crippen LogP contribution in [0.1, 0.15) is 26.6 Å². The number of methoxy groups -OCH3 is 1. The van der Waals surface area contributed by atoms with E-state index < -0.39 is 0 Å². The second-order valence-electron chi connectivity index (χ2n) is 6.05. The quantitative estimate of drug-likeness (QED) is 0.724. The number of ether oxygens (including phenoxy) is 1. The maximum Gasteiger partial charge on any atom is 0.263 e. The average molecular weight is 370 g/mol. The highest BCUT2D eigenvalue weighted by molar-refractivity contribution is 7.16. The van der Waals surface area contributed by atoms with Gasteiger partial charge in [0, 0.05) is 19.3 Å². The fourth-order valence-electron chi connectivity index (χ4n) is 2.78. The number of benzene rings is 1. The van der Waals surface area contributed by atoms with Gasteiger partial charge < -0.3 is 10.1 Å². The predicted molar refractivity (Wildman–Crippen MR) is 103 cm³/mol. The molecule has 2 heterocycles. The highest BCUT2D eigenvalue weighted by atomic mass is 32.1. The Morgan fingerprint density at radius 1 is 1.27 bits per heavy atom. The lowest BCUT2D eigenvalue weighted by molar-refractivity contribution is 0.0958. The van der Waals surface area contributed by atoms with Gasteiger partial charge >= 0.3 is 0 Å². The van der Waals surface area contributed by atoms with Gasteiger partial charge in [0.2, 0.25) is 0 Å². The summed E-state index contributed by atoms with van der Waals surface area (Å²) in [5.41, 5.74) is 4.13. The number of nitrogens with one attached hydrogen (secondary N) is 1. The molecule has 0 spiro atoms. The Bertz CT molecular complexity index is 912. The summed E-state index contributed by atoms with van der Waals surface area (Å²) in [4.78, 5) is 17.4. The molecule has 0 aliphatic rings. The first kappa shape index (κ1) is 18.1. The lowest BCUT2D eigenvalue weighted by Gasteiger charge is -2.05. The van der Waals surface area contributed by atoms with E-state index in [9.17, 15) is 4.79 Å². The molecule has 0 unspecified atom stereocenters. The third-order valence-corrected chi connectivity index (χ3v) is 5.32. The maximum atomic E-state index is 12.4. The number of hydrogen-bond acceptors (Lipinski definition) is 5. The van der Waals surface area contributed by atoms with Gasteiger partial charge in [-0.25, -0.2) is 4.98 Å². The Kier molecular flexibility index (Phi) is 5.37. The van der Waals surface area contributed by atoms with E-state index in [1.54, 1.807) is 13.3 Å². The van der Waals surface area contributed by atoms with Crippen molar-refractivity contribution < 1.29 is 9.53 Å². The van der Waals surface area contributed by atoms with Crippen LogP contribution in [0.4, 0.5) is 0 Å². The molecule has 3 rings (SSSR count). The first-order valence-electron chi connectivity index (χ1n) is 8.37. The van der Waals surface area contributed by atoms with Gasteiger partial charge in [0.25, 0.3) is 5.91 Å². The van der Waals surface area contributed by atoms with E-state index in [-0.39, 0.29) is 5.91 Å². The van der Waals surface area contributed by atoms with Crippen LogP contribution in [0.25, 0.3) is 10.6 Å². The minimum absolute atomic E-state index is 0.0959. The van der Waals surface area contributed by atoms with Crippen molar-refractivity contribution in [2.75, 3.05) is 13.7 Å². The Morgan fingerprint density at radius 2 is 2.00 bits per heavy atom. The van der Waals surface area contributed by atoms with Crippen molar-refractivity contribution in [3.8, 4) is 16.3 Å². The molecule has 136 valence electrons. The van der Waals surface area contributed by atoms with Crippen molar-refractivity contribution >= 4 is 17.2 Å². The minimum atomic E-state index is -0.0959. The maximum absolute atomic E-state index is 12.4. The van der Waals surface area contributed by atoms with E-state index in [0.29, 0.717) is 11.4 Å². The fourth-order valence-corrected chi connectivity index (χ4v) is 3.76. The second kappa shape index (κ2) is 7.70. The summed E-state index contributed by atoms with van der Waals surface area (Å²) in [7, 11) is 3.55. The standard InChI is InChI=1S/C19H22N4O2S/c1-12-17(13(2)23(3)22-12)19-21-11-16(26-19)18(24)20-10-9-14-5-7-15(25-4)8-6-14/h5-8,11H,9-10H2,1-4H3,(H,20,24). The molecular formula is C19H22N4O2S. The number of nitrogens with zero attached hydrogens (tertiary/aromatic N) is 3. The number of hydrogen-bond donors (Lipinski definition) is 1. The number of aromatic nitrogens is 3. The van der Waals surface area contributed by atoms with Gasteiger partial charge in [-0.1, -0.05) is 12.1 Å². The number of aryl methyl sites for hydroxylation is 2. The van der Waals surface area contributed by atoms with Crippen LogP contribution in [-0.2, 0) is 13.5 Å². The molecule has 6 nitrogen and oxygen atoms in total. The van der Waals surface area contributed by atoms with E-state index in [2.05, 4.69) is 15.4 Å². The number of rotatable bonds is 6. The molecule has 0 atom stereocenters. The summed E-state index contributed by atoms with van der Waals surface area (Å²) in [6.45, 7) is 4.53. The summed E-state index contributed by atoms with van der Waals surface area (Å²) in [6, 6.07) is 7.85. The predicted octanol–water partition coefficient (Wildman–Crippen LogP) is 3.14. The monoisotopic (exact) mass is 370 g/mol. The zero-order valence-electron chi connectivity index (χ0n) is 15.4. The molecule has 0 saturated carbocycles. The molecule has 0 aliphatic carbocycles. The zero-order chi connectivity index (χ0) is 18.7. The Hall–Kier alpha value is -2.67. The van der Waals surface area contributed by atoms with Crippen LogP contribution in [0, 0.1) is 13.8 Å². The van der Waals surface area contributed by atoms with Crippen LogP contribution in [-0.4, -0.2) is 34.3 Å². The lowest BCUT2D eigenvalue weighted by atomic mass is 10.1. The molecule has 7 heteroatoms. The summed E-state index contributed by atoms with van der Waals surface area (Å²) in [5.74, 6) is 0.734. The molecule has 0 bridgehead atoms. The molecular weight excluding hydrogens is 348 g/mol. The molecule has 0 radical (unpaired) electrons. The van der Waals surface area contributed by atoms with E-state index in [4.69, 9.17) is 4.74 Å². The van der Waals surface area contributed by atoms with Crippen molar-refractivity contribution in [3.63, 3.8) is 0 Å². The largest absolute Gasteiger partial charge is 0.497 e. The number of carbonyl (C=O) groups excluding carboxylic acids is 1. The Balaban J connectivity index is 1.61. The van der Waals surface area contributed by atoms with Crippen LogP contribution in [0.15, 0.2) is 30.5 Å². The third-order valence-electron chi connectivity index (χ3n) is 4.31. The molecule has 1 N–H and O–H groups in total. The van der Waals surface area contributed by atoms with Crippen LogP contribution in [0.3, 0.4) is 0 Å². The summed E-state index contributed by atoms with van der Waals surface area (Å²) in [6.07, 6.45) is 2.40. The molecule has 3 aromatic rings. The van der Waals surface area contributed by atoms with Crippen LogP contribution < -0.4 is 10.1 Å². The van der Waals surface area contributed by atoms with Crippen molar-refractivity contribution in [2.24, 2.45) is 7.05 Å². The highest BCUT2D eigenvalue weighted by Crippen LogP contribution is 2.30. The van der Waals surface area contributed by atoms with Crippen molar-refractivity contribution in [3.05, 3.63) is 52.3 Å². The van der Waals surface area contributed by atoms with Gasteiger partial charge in [0.1, 0.15) is 15.6 Å².